The van der Waals surface area contributed by atoms with E-state index in [2.05, 4.69) is 5.32 Å². The van der Waals surface area contributed by atoms with Gasteiger partial charge in [0.25, 0.3) is 0 Å². The summed E-state index contributed by atoms with van der Waals surface area (Å²) < 4.78 is 0.0243. The molecule has 0 amide bonds. The maximum atomic E-state index is 11.6. The van der Waals surface area contributed by atoms with Gasteiger partial charge in [-0.25, -0.2) is 0 Å². The fraction of sp³-hybridized carbons (Fsp3) is 1.00. The molecule has 0 aromatic carbocycles. The van der Waals surface area contributed by atoms with E-state index in [-0.39, 0.29) is 4.65 Å². The maximum absolute atomic E-state index is 11.6. The molecule has 3 rings (SSSR count). The minimum Gasteiger partial charge on any atom is -0.632 e. The van der Waals surface area contributed by atoms with Gasteiger partial charge in [0.2, 0.25) is 0 Å². The van der Waals surface area contributed by atoms with Crippen molar-refractivity contribution < 1.29 is 4.65 Å². The first-order chi connectivity index (χ1) is 4.79. The molecule has 0 saturated carbocycles. The van der Waals surface area contributed by atoms with Crippen LogP contribution in [0, 0.1) is 11.1 Å². The molecule has 3 aliphatic heterocycles. The highest BCUT2D eigenvalue weighted by Crippen LogP contribution is 2.24. The number of hydrogen-bond donors (Lipinski definition) is 1. The molecule has 0 unspecified atom stereocenters. The smallest absolute Gasteiger partial charge is 0.132 e. The molecule has 3 heteroatoms. The second-order valence-electron chi connectivity index (χ2n) is 3.56. The van der Waals surface area contributed by atoms with Gasteiger partial charge in [-0.3, -0.25) is 5.32 Å². The zero-order valence-corrected chi connectivity index (χ0v) is 6.18. The van der Waals surface area contributed by atoms with Crippen molar-refractivity contribution in [2.75, 3.05) is 26.3 Å². The highest BCUT2D eigenvalue weighted by atomic mass is 16.5. The molecule has 3 heterocycles. The van der Waals surface area contributed by atoms with E-state index in [9.17, 15) is 5.21 Å². The third kappa shape index (κ3) is 1.05. The summed E-state index contributed by atoms with van der Waals surface area (Å²) in [5.74, 6) is 0.794. The van der Waals surface area contributed by atoms with Crippen LogP contribution in [-0.4, -0.2) is 30.9 Å². The lowest BCUT2D eigenvalue weighted by Gasteiger charge is -2.43. The predicted octanol–water partition coefficient (Wildman–Crippen LogP) is 0.272. The lowest BCUT2D eigenvalue weighted by Crippen LogP contribution is -2.48. The third-order valence-electron chi connectivity index (χ3n) is 2.72. The summed E-state index contributed by atoms with van der Waals surface area (Å²) in [5, 5.41) is 14.8. The van der Waals surface area contributed by atoms with E-state index in [0.29, 0.717) is 6.67 Å². The number of hydrogen-bond acceptors (Lipinski definition) is 2. The molecule has 3 nitrogen and oxygen atoms in total. The predicted molar refractivity (Wildman–Crippen MR) is 39.0 cm³/mol. The van der Waals surface area contributed by atoms with Crippen molar-refractivity contribution in [1.29, 1.82) is 0 Å². The van der Waals surface area contributed by atoms with Gasteiger partial charge in [0, 0.05) is 19.4 Å². The average molecular weight is 142 g/mol. The van der Waals surface area contributed by atoms with Gasteiger partial charge in [-0.2, -0.15) is 0 Å². The Morgan fingerprint density at radius 3 is 2.70 bits per heavy atom. The Bertz CT molecular complexity index is 124. The van der Waals surface area contributed by atoms with Crippen LogP contribution < -0.4 is 5.32 Å². The number of piperidine rings is 1. The summed E-state index contributed by atoms with van der Waals surface area (Å²) in [4.78, 5) is 0. The van der Waals surface area contributed by atoms with Gasteiger partial charge in [0.15, 0.2) is 0 Å². The Hall–Kier alpha value is -0.120. The Kier molecular flexibility index (Phi) is 1.44. The first kappa shape index (κ1) is 6.58. The molecule has 3 fully saturated rings. The summed E-state index contributed by atoms with van der Waals surface area (Å²) in [6.45, 7) is 3.41. The molecule has 3 aliphatic rings. The molecule has 3 saturated heterocycles. The molecule has 10 heavy (non-hydrogen) atoms. The van der Waals surface area contributed by atoms with Crippen molar-refractivity contribution >= 4 is 0 Å². The zero-order valence-electron chi connectivity index (χ0n) is 6.18. The second kappa shape index (κ2) is 2.19. The van der Waals surface area contributed by atoms with Gasteiger partial charge < -0.3 is 9.85 Å². The Morgan fingerprint density at radius 1 is 1.30 bits per heavy atom. The van der Waals surface area contributed by atoms with Crippen LogP contribution in [0.1, 0.15) is 12.8 Å². The largest absolute Gasteiger partial charge is 0.632 e. The Balaban J connectivity index is 2.11. The Morgan fingerprint density at radius 2 is 2.00 bits per heavy atom. The van der Waals surface area contributed by atoms with Crippen LogP contribution in [-0.2, 0) is 0 Å². The molecular formula is C7H14N2O. The highest BCUT2D eigenvalue weighted by molar-refractivity contribution is 4.70. The molecule has 0 radical (unpaired) electrons. The van der Waals surface area contributed by atoms with Crippen LogP contribution in [0.2, 0.25) is 0 Å². The lowest BCUT2D eigenvalue weighted by atomic mass is 9.98. The Labute approximate surface area is 61.2 Å². The van der Waals surface area contributed by atoms with E-state index in [1.807, 2.05) is 0 Å². The summed E-state index contributed by atoms with van der Waals surface area (Å²) in [6, 6.07) is 0. The standard InChI is InChI=1S/C7H14N2O/c10-9-3-1-7(2-4-9)5-8-6-9/h7-8H,1-6H2. The van der Waals surface area contributed by atoms with Crippen molar-refractivity contribution in [2.24, 2.45) is 5.92 Å². The summed E-state index contributed by atoms with van der Waals surface area (Å²) >= 11 is 0. The van der Waals surface area contributed by atoms with Gasteiger partial charge in [0.1, 0.15) is 6.67 Å². The van der Waals surface area contributed by atoms with Crippen molar-refractivity contribution in [3.8, 4) is 0 Å². The minimum absolute atomic E-state index is 0.0243. The third-order valence-corrected chi connectivity index (χ3v) is 2.72. The number of rotatable bonds is 0. The summed E-state index contributed by atoms with van der Waals surface area (Å²) in [7, 11) is 0. The van der Waals surface area contributed by atoms with Gasteiger partial charge in [-0.15, -0.1) is 0 Å². The molecule has 0 aliphatic carbocycles. The lowest BCUT2D eigenvalue weighted by molar-refractivity contribution is -0.886. The minimum atomic E-state index is 0.0243. The van der Waals surface area contributed by atoms with Gasteiger partial charge in [-0.05, 0) is 5.92 Å². The van der Waals surface area contributed by atoms with Crippen LogP contribution >= 0.6 is 0 Å². The fourth-order valence-electron chi connectivity index (χ4n) is 1.93. The van der Waals surface area contributed by atoms with E-state index in [1.165, 1.54) is 0 Å². The van der Waals surface area contributed by atoms with Gasteiger partial charge >= 0.3 is 0 Å². The van der Waals surface area contributed by atoms with E-state index in [4.69, 9.17) is 0 Å². The van der Waals surface area contributed by atoms with Crippen LogP contribution in [0.15, 0.2) is 0 Å². The first-order valence-electron chi connectivity index (χ1n) is 4.06. The van der Waals surface area contributed by atoms with E-state index in [1.54, 1.807) is 0 Å². The van der Waals surface area contributed by atoms with Crippen molar-refractivity contribution in [2.45, 2.75) is 12.8 Å². The average Bonchev–Trinajstić information content (AvgIpc) is 2.19. The molecule has 1 N–H and O–H groups in total. The molecular weight excluding hydrogens is 128 g/mol. The van der Waals surface area contributed by atoms with Crippen molar-refractivity contribution in [3.63, 3.8) is 0 Å². The fourth-order valence-corrected chi connectivity index (χ4v) is 1.93. The highest BCUT2D eigenvalue weighted by Gasteiger charge is 2.29. The molecule has 0 aromatic rings. The number of nitrogens with zero attached hydrogens (tertiary/aromatic N) is 1. The topological polar surface area (TPSA) is 35.1 Å². The molecule has 0 atom stereocenters. The number of hydroxylamine groups is 3. The van der Waals surface area contributed by atoms with Gasteiger partial charge in [-0.1, -0.05) is 0 Å². The summed E-state index contributed by atoms with van der Waals surface area (Å²) in [5.41, 5.74) is 0. The van der Waals surface area contributed by atoms with Crippen molar-refractivity contribution in [3.05, 3.63) is 5.21 Å². The summed E-state index contributed by atoms with van der Waals surface area (Å²) in [6.07, 6.45) is 2.27. The number of nitrogens with one attached hydrogen (secondary N) is 1. The van der Waals surface area contributed by atoms with Crippen LogP contribution in [0.4, 0.5) is 0 Å². The maximum Gasteiger partial charge on any atom is 0.132 e. The van der Waals surface area contributed by atoms with E-state index in [0.717, 1.165) is 38.4 Å². The van der Waals surface area contributed by atoms with Crippen molar-refractivity contribution in [1.82, 2.24) is 5.32 Å². The molecule has 0 aromatic heterocycles. The molecule has 2 bridgehead atoms. The van der Waals surface area contributed by atoms with Crippen LogP contribution in [0.5, 0.6) is 0 Å². The van der Waals surface area contributed by atoms with Gasteiger partial charge in [0.05, 0.1) is 13.1 Å². The SMILES string of the molecule is [O-][N+]12CCC(CC1)CNC2. The zero-order chi connectivity index (χ0) is 7.03. The number of quaternary nitrogens is 1. The second-order valence-corrected chi connectivity index (χ2v) is 3.56. The monoisotopic (exact) mass is 142 g/mol. The van der Waals surface area contributed by atoms with Crippen LogP contribution in [0.3, 0.4) is 0 Å². The molecule has 0 spiro atoms. The normalized spacial score (nSPS) is 47.1. The number of fused-ring (bicyclic) bond motifs is 4. The van der Waals surface area contributed by atoms with E-state index >= 15 is 0 Å². The first-order valence-corrected chi connectivity index (χ1v) is 4.06. The molecule has 58 valence electrons. The van der Waals surface area contributed by atoms with E-state index < -0.39 is 0 Å². The quantitative estimate of drug-likeness (QED) is 0.389. The van der Waals surface area contributed by atoms with Crippen LogP contribution in [0.25, 0.3) is 0 Å².